The molecule has 4 nitrogen and oxygen atoms in total. The lowest BCUT2D eigenvalue weighted by atomic mass is 10.2. The van der Waals surface area contributed by atoms with Crippen LogP contribution in [-0.2, 0) is 9.53 Å². The SMILES string of the molecule is CCCCCNc1ccc(OCC(=O)OC)cc1. The summed E-state index contributed by atoms with van der Waals surface area (Å²) in [5.41, 5.74) is 1.07. The summed E-state index contributed by atoms with van der Waals surface area (Å²) in [4.78, 5) is 10.9. The average Bonchev–Trinajstić information content (AvgIpc) is 2.42. The van der Waals surface area contributed by atoms with Gasteiger partial charge in [-0.2, -0.15) is 0 Å². The summed E-state index contributed by atoms with van der Waals surface area (Å²) in [5, 5.41) is 3.34. The largest absolute Gasteiger partial charge is 0.482 e. The van der Waals surface area contributed by atoms with Gasteiger partial charge in [-0.05, 0) is 30.7 Å². The van der Waals surface area contributed by atoms with Crippen molar-refractivity contribution >= 4 is 11.7 Å². The number of hydrogen-bond donors (Lipinski definition) is 1. The molecule has 0 aliphatic rings. The van der Waals surface area contributed by atoms with E-state index in [4.69, 9.17) is 4.74 Å². The summed E-state index contributed by atoms with van der Waals surface area (Å²) in [7, 11) is 1.34. The highest BCUT2D eigenvalue weighted by atomic mass is 16.6. The number of carbonyl (C=O) groups is 1. The molecule has 0 amide bonds. The Hall–Kier alpha value is -1.71. The van der Waals surface area contributed by atoms with Crippen molar-refractivity contribution < 1.29 is 14.3 Å². The van der Waals surface area contributed by atoms with Gasteiger partial charge in [-0.15, -0.1) is 0 Å². The number of anilines is 1. The minimum absolute atomic E-state index is 0.0558. The smallest absolute Gasteiger partial charge is 0.343 e. The van der Waals surface area contributed by atoms with Crippen LogP contribution in [0.5, 0.6) is 5.75 Å². The molecule has 0 aliphatic heterocycles. The first-order chi connectivity index (χ1) is 8.76. The number of ether oxygens (including phenoxy) is 2. The third-order valence-electron chi connectivity index (χ3n) is 2.55. The van der Waals surface area contributed by atoms with Gasteiger partial charge in [-0.3, -0.25) is 0 Å². The lowest BCUT2D eigenvalue weighted by Gasteiger charge is -2.08. The molecule has 1 N–H and O–H groups in total. The fraction of sp³-hybridized carbons (Fsp3) is 0.500. The molecular formula is C14H21NO3. The highest BCUT2D eigenvalue weighted by Gasteiger charge is 2.01. The number of carbonyl (C=O) groups excluding carboxylic acids is 1. The van der Waals surface area contributed by atoms with Gasteiger partial charge in [0.2, 0.25) is 0 Å². The molecule has 0 saturated carbocycles. The summed E-state index contributed by atoms with van der Waals surface area (Å²) in [6.07, 6.45) is 3.65. The summed E-state index contributed by atoms with van der Waals surface area (Å²) >= 11 is 0. The van der Waals surface area contributed by atoms with Gasteiger partial charge in [0, 0.05) is 12.2 Å². The summed E-state index contributed by atoms with van der Waals surface area (Å²) in [5.74, 6) is 0.288. The highest BCUT2D eigenvalue weighted by Crippen LogP contribution is 2.15. The Morgan fingerprint density at radius 2 is 1.94 bits per heavy atom. The van der Waals surface area contributed by atoms with Crippen molar-refractivity contribution in [1.29, 1.82) is 0 Å². The van der Waals surface area contributed by atoms with Crippen LogP contribution in [0.15, 0.2) is 24.3 Å². The van der Waals surface area contributed by atoms with Crippen molar-refractivity contribution in [1.82, 2.24) is 0 Å². The molecule has 1 aromatic rings. The molecule has 0 bridgehead atoms. The molecule has 0 saturated heterocycles. The van der Waals surface area contributed by atoms with Gasteiger partial charge in [-0.1, -0.05) is 19.8 Å². The fourth-order valence-electron chi connectivity index (χ4n) is 1.48. The average molecular weight is 251 g/mol. The molecule has 0 aliphatic carbocycles. The minimum Gasteiger partial charge on any atom is -0.482 e. The molecule has 0 radical (unpaired) electrons. The molecule has 0 spiro atoms. The predicted molar refractivity (Wildman–Crippen MR) is 72.0 cm³/mol. The summed E-state index contributed by atoms with van der Waals surface area (Å²) in [6.45, 7) is 3.11. The third kappa shape index (κ3) is 5.57. The second-order valence-corrected chi connectivity index (χ2v) is 4.02. The van der Waals surface area contributed by atoms with E-state index in [2.05, 4.69) is 17.0 Å². The normalized spacial score (nSPS) is 9.89. The Morgan fingerprint density at radius 3 is 2.56 bits per heavy atom. The van der Waals surface area contributed by atoms with Crippen molar-refractivity contribution in [3.8, 4) is 5.75 Å². The van der Waals surface area contributed by atoms with E-state index in [1.807, 2.05) is 24.3 Å². The molecule has 18 heavy (non-hydrogen) atoms. The van der Waals surface area contributed by atoms with Crippen LogP contribution in [-0.4, -0.2) is 26.2 Å². The topological polar surface area (TPSA) is 47.6 Å². The Kier molecular flexibility index (Phi) is 6.69. The molecular weight excluding hydrogens is 230 g/mol. The van der Waals surface area contributed by atoms with Crippen molar-refractivity contribution in [3.05, 3.63) is 24.3 Å². The van der Waals surface area contributed by atoms with Gasteiger partial charge in [0.1, 0.15) is 5.75 Å². The van der Waals surface area contributed by atoms with Crippen LogP contribution in [0.25, 0.3) is 0 Å². The van der Waals surface area contributed by atoms with Gasteiger partial charge in [0.05, 0.1) is 7.11 Å². The van der Waals surface area contributed by atoms with Crippen LogP contribution in [0.2, 0.25) is 0 Å². The third-order valence-corrected chi connectivity index (χ3v) is 2.55. The molecule has 1 rings (SSSR count). The Bertz CT molecular complexity index is 349. The van der Waals surface area contributed by atoms with Crippen molar-refractivity contribution in [2.24, 2.45) is 0 Å². The van der Waals surface area contributed by atoms with Crippen LogP contribution in [0.1, 0.15) is 26.2 Å². The number of nitrogens with one attached hydrogen (secondary N) is 1. The molecule has 100 valence electrons. The number of methoxy groups -OCH3 is 1. The van der Waals surface area contributed by atoms with E-state index in [-0.39, 0.29) is 12.6 Å². The molecule has 0 fully saturated rings. The number of unbranched alkanes of at least 4 members (excludes halogenated alkanes) is 2. The van der Waals surface area contributed by atoms with Crippen molar-refractivity contribution in [3.63, 3.8) is 0 Å². The van der Waals surface area contributed by atoms with E-state index >= 15 is 0 Å². The first-order valence-electron chi connectivity index (χ1n) is 6.29. The van der Waals surface area contributed by atoms with Crippen molar-refractivity contribution in [2.45, 2.75) is 26.2 Å². The van der Waals surface area contributed by atoms with E-state index < -0.39 is 0 Å². The maximum absolute atomic E-state index is 10.9. The monoisotopic (exact) mass is 251 g/mol. The molecule has 4 heteroatoms. The van der Waals surface area contributed by atoms with E-state index in [9.17, 15) is 4.79 Å². The van der Waals surface area contributed by atoms with Gasteiger partial charge in [-0.25, -0.2) is 4.79 Å². The van der Waals surface area contributed by atoms with Gasteiger partial charge in [0.15, 0.2) is 6.61 Å². The number of benzene rings is 1. The van der Waals surface area contributed by atoms with Crippen molar-refractivity contribution in [2.75, 3.05) is 25.6 Å². The summed E-state index contributed by atoms with van der Waals surface area (Å²) in [6, 6.07) is 7.56. The number of esters is 1. The standard InChI is InChI=1S/C14H21NO3/c1-3-4-5-10-15-12-6-8-13(9-7-12)18-11-14(16)17-2/h6-9,15H,3-5,10-11H2,1-2H3. The lowest BCUT2D eigenvalue weighted by molar-refractivity contribution is -0.142. The Labute approximate surface area is 108 Å². The zero-order chi connectivity index (χ0) is 13.2. The first-order valence-corrected chi connectivity index (χ1v) is 6.29. The zero-order valence-electron chi connectivity index (χ0n) is 11.1. The molecule has 0 unspecified atom stereocenters. The van der Waals surface area contributed by atoms with Gasteiger partial charge in [0.25, 0.3) is 0 Å². The van der Waals surface area contributed by atoms with E-state index in [1.165, 1.54) is 26.4 Å². The minimum atomic E-state index is -0.378. The van der Waals surface area contributed by atoms with Crippen LogP contribution < -0.4 is 10.1 Å². The fourth-order valence-corrected chi connectivity index (χ4v) is 1.48. The molecule has 0 heterocycles. The highest BCUT2D eigenvalue weighted by molar-refractivity contribution is 5.70. The maximum atomic E-state index is 10.9. The van der Waals surface area contributed by atoms with E-state index in [0.717, 1.165) is 12.2 Å². The maximum Gasteiger partial charge on any atom is 0.343 e. The lowest BCUT2D eigenvalue weighted by Crippen LogP contribution is -2.12. The van der Waals surface area contributed by atoms with E-state index in [0.29, 0.717) is 5.75 Å². The second kappa shape index (κ2) is 8.39. The van der Waals surface area contributed by atoms with Crippen LogP contribution >= 0.6 is 0 Å². The summed E-state index contributed by atoms with van der Waals surface area (Å²) < 4.78 is 9.75. The van der Waals surface area contributed by atoms with Crippen LogP contribution in [0, 0.1) is 0 Å². The molecule has 0 aromatic heterocycles. The number of rotatable bonds is 8. The van der Waals surface area contributed by atoms with Gasteiger partial charge < -0.3 is 14.8 Å². The zero-order valence-corrected chi connectivity index (χ0v) is 11.1. The van der Waals surface area contributed by atoms with Crippen LogP contribution in [0.3, 0.4) is 0 Å². The van der Waals surface area contributed by atoms with Gasteiger partial charge >= 0.3 is 5.97 Å². The number of hydrogen-bond acceptors (Lipinski definition) is 4. The second-order valence-electron chi connectivity index (χ2n) is 4.02. The molecule has 1 aromatic carbocycles. The van der Waals surface area contributed by atoms with E-state index in [1.54, 1.807) is 0 Å². The Balaban J connectivity index is 2.31. The Morgan fingerprint density at radius 1 is 1.22 bits per heavy atom. The first kappa shape index (κ1) is 14.4. The van der Waals surface area contributed by atoms with Crippen LogP contribution in [0.4, 0.5) is 5.69 Å². The molecule has 0 atom stereocenters. The quantitative estimate of drug-likeness (QED) is 0.570. The predicted octanol–water partition coefficient (Wildman–Crippen LogP) is 2.84.